The van der Waals surface area contributed by atoms with Crippen LogP contribution in [0.25, 0.3) is 5.57 Å². The average molecular weight is 534 g/mol. The van der Waals surface area contributed by atoms with Crippen molar-refractivity contribution in [3.05, 3.63) is 98.9 Å². The molecule has 1 aliphatic heterocycles. The molecule has 2 aliphatic rings. The zero-order valence-corrected chi connectivity index (χ0v) is 23.7. The number of rotatable bonds is 5. The van der Waals surface area contributed by atoms with Crippen LogP contribution in [0, 0.1) is 12.8 Å². The molecule has 3 aromatic rings. The van der Waals surface area contributed by atoms with Gasteiger partial charge in [-0.25, -0.2) is 8.42 Å². The van der Waals surface area contributed by atoms with Crippen LogP contribution < -0.4 is 5.19 Å². The van der Waals surface area contributed by atoms with Crippen molar-refractivity contribution in [3.8, 4) is 0 Å². The minimum absolute atomic E-state index is 0.100. The van der Waals surface area contributed by atoms with Crippen molar-refractivity contribution in [2.75, 3.05) is 13.1 Å². The summed E-state index contributed by atoms with van der Waals surface area (Å²) in [6.45, 7) is 9.22. The maximum atomic E-state index is 13.8. The van der Waals surface area contributed by atoms with E-state index >= 15 is 0 Å². The van der Waals surface area contributed by atoms with Gasteiger partial charge in [-0.05, 0) is 59.0 Å². The van der Waals surface area contributed by atoms with Gasteiger partial charge in [0, 0.05) is 24.6 Å². The molecule has 0 bridgehead atoms. The zero-order valence-electron chi connectivity index (χ0n) is 21.1. The Bertz CT molecular complexity index is 1470. The second kappa shape index (κ2) is 9.38. The molecule has 0 saturated heterocycles. The Kier molecular flexibility index (Phi) is 6.53. The van der Waals surface area contributed by atoms with E-state index in [4.69, 9.17) is 0 Å². The normalized spacial score (nSPS) is 19.6. The highest BCUT2D eigenvalue weighted by molar-refractivity contribution is 7.89. The lowest BCUT2D eigenvalue weighted by Gasteiger charge is -2.30. The van der Waals surface area contributed by atoms with Crippen molar-refractivity contribution >= 4 is 46.0 Å². The van der Waals surface area contributed by atoms with E-state index in [9.17, 15) is 13.2 Å². The van der Waals surface area contributed by atoms with Gasteiger partial charge in [0.05, 0.1) is 4.90 Å². The second-order valence-corrected chi connectivity index (χ2v) is 17.4. The first-order chi connectivity index (χ1) is 17.1. The molecule has 1 atom stereocenters. The van der Waals surface area contributed by atoms with Crippen molar-refractivity contribution < 1.29 is 13.2 Å². The lowest BCUT2D eigenvalue weighted by atomic mass is 9.98. The number of ketones is 1. The first-order valence-electron chi connectivity index (χ1n) is 12.3. The first-order valence-corrected chi connectivity index (χ1v) is 17.7. The molecule has 0 unspecified atom stereocenters. The van der Waals surface area contributed by atoms with E-state index < -0.39 is 18.1 Å². The highest BCUT2D eigenvalue weighted by Crippen LogP contribution is 2.46. The summed E-state index contributed by atoms with van der Waals surface area (Å²) in [4.78, 5) is 14.0. The molecular formula is C29H31NO3S2Si. The summed E-state index contributed by atoms with van der Waals surface area (Å²) in [5.74, 6) is -0.175. The van der Waals surface area contributed by atoms with Crippen LogP contribution in [-0.2, 0) is 14.8 Å². The van der Waals surface area contributed by atoms with Gasteiger partial charge in [-0.2, -0.15) is 15.6 Å². The number of nitrogens with zero attached hydrogens (tertiary/aromatic N) is 1. The van der Waals surface area contributed by atoms with Crippen LogP contribution in [0.5, 0.6) is 0 Å². The summed E-state index contributed by atoms with van der Waals surface area (Å²) in [6.07, 6.45) is 0.632. The predicted molar refractivity (Wildman–Crippen MR) is 151 cm³/mol. The molecular weight excluding hydrogens is 503 g/mol. The standard InChI is InChI=1S/C29H31NO3S2Si/c1-20-10-12-23(13-11-20)35(32,33)30-16-14-26(36(3,4)24-8-6-5-7-9-24)27-21(2)29(31)28(25(27)18-30)22-15-17-34-19-22/h5-13,15,17,19,21H,14,16,18H2,1-4H3/t21-/m0/s1. The summed E-state index contributed by atoms with van der Waals surface area (Å²) >= 11 is 1.56. The van der Waals surface area contributed by atoms with Gasteiger partial charge in [0.25, 0.3) is 0 Å². The van der Waals surface area contributed by atoms with Crippen LogP contribution in [0.2, 0.25) is 13.1 Å². The van der Waals surface area contributed by atoms with Gasteiger partial charge in [0.1, 0.15) is 8.07 Å². The second-order valence-electron chi connectivity index (χ2n) is 10.2. The third-order valence-electron chi connectivity index (χ3n) is 7.69. The fourth-order valence-electron chi connectivity index (χ4n) is 5.59. The Labute approximate surface area is 219 Å². The van der Waals surface area contributed by atoms with Crippen LogP contribution in [0.15, 0.2) is 92.7 Å². The van der Waals surface area contributed by atoms with Gasteiger partial charge < -0.3 is 0 Å². The number of hydrogen-bond acceptors (Lipinski definition) is 4. The zero-order chi connectivity index (χ0) is 25.7. The van der Waals surface area contributed by atoms with Gasteiger partial charge in [0.2, 0.25) is 10.0 Å². The molecule has 5 rings (SSSR count). The number of hydrogen-bond donors (Lipinski definition) is 0. The fourth-order valence-corrected chi connectivity index (χ4v) is 10.8. The van der Waals surface area contributed by atoms with E-state index in [0.29, 0.717) is 23.4 Å². The molecule has 0 amide bonds. The van der Waals surface area contributed by atoms with Gasteiger partial charge in [-0.15, -0.1) is 0 Å². The van der Waals surface area contributed by atoms with Gasteiger partial charge in [-0.1, -0.05) is 78.4 Å². The quantitative estimate of drug-likeness (QED) is 0.403. The first kappa shape index (κ1) is 25.1. The lowest BCUT2D eigenvalue weighted by molar-refractivity contribution is -0.115. The Hall–Kier alpha value is -2.58. The molecule has 0 saturated carbocycles. The van der Waals surface area contributed by atoms with Crippen LogP contribution in [0.4, 0.5) is 0 Å². The molecule has 186 valence electrons. The average Bonchev–Trinajstić information content (AvgIpc) is 3.40. The number of carbonyl (C=O) groups excluding carboxylic acids is 1. The van der Waals surface area contributed by atoms with Crippen molar-refractivity contribution in [2.24, 2.45) is 5.92 Å². The van der Waals surface area contributed by atoms with Crippen LogP contribution in [-0.4, -0.2) is 39.7 Å². The van der Waals surface area contributed by atoms with Crippen LogP contribution >= 0.6 is 11.3 Å². The number of carbonyl (C=O) groups is 1. The highest BCUT2D eigenvalue weighted by atomic mass is 32.2. The molecule has 2 aromatic carbocycles. The van der Waals surface area contributed by atoms with Crippen molar-refractivity contribution in [2.45, 2.75) is 38.3 Å². The Morgan fingerprint density at radius 2 is 1.69 bits per heavy atom. The number of fused-ring (bicyclic) bond motifs is 1. The number of Topliss-reactive ketones (excluding diaryl/α,β-unsaturated/α-hetero) is 1. The largest absolute Gasteiger partial charge is 0.293 e. The van der Waals surface area contributed by atoms with E-state index in [1.807, 2.05) is 48.9 Å². The van der Waals surface area contributed by atoms with Gasteiger partial charge >= 0.3 is 0 Å². The Morgan fingerprint density at radius 3 is 2.33 bits per heavy atom. The SMILES string of the molecule is Cc1ccc(S(=O)(=O)N2CCC([Si](C)(C)c3ccccc3)=C3C(=C(c4ccsc4)C(=O)[C@H]3C)C2)cc1. The molecule has 4 nitrogen and oxygen atoms in total. The Balaban J connectivity index is 1.70. The Morgan fingerprint density at radius 1 is 1.00 bits per heavy atom. The predicted octanol–water partition coefficient (Wildman–Crippen LogP) is 5.57. The third kappa shape index (κ3) is 4.18. The lowest BCUT2D eigenvalue weighted by Crippen LogP contribution is -2.45. The molecule has 36 heavy (non-hydrogen) atoms. The minimum atomic E-state index is -3.72. The number of allylic oxidation sites excluding steroid dienone is 1. The van der Waals surface area contributed by atoms with E-state index in [1.165, 1.54) is 10.4 Å². The number of thiophene rings is 1. The summed E-state index contributed by atoms with van der Waals surface area (Å²) < 4.78 is 29.3. The topological polar surface area (TPSA) is 54.5 Å². The van der Waals surface area contributed by atoms with Gasteiger partial charge in [0.15, 0.2) is 5.78 Å². The number of sulfonamides is 1. The molecule has 2 heterocycles. The van der Waals surface area contributed by atoms with E-state index in [0.717, 1.165) is 22.3 Å². The van der Waals surface area contributed by atoms with Crippen molar-refractivity contribution in [3.63, 3.8) is 0 Å². The monoisotopic (exact) mass is 533 g/mol. The summed E-state index contributed by atoms with van der Waals surface area (Å²) in [7, 11) is -5.91. The summed E-state index contributed by atoms with van der Waals surface area (Å²) in [6, 6.07) is 19.5. The minimum Gasteiger partial charge on any atom is -0.293 e. The van der Waals surface area contributed by atoms with Crippen molar-refractivity contribution in [1.29, 1.82) is 0 Å². The molecule has 0 spiro atoms. The molecule has 1 aromatic heterocycles. The number of aryl methyl sites for hydroxylation is 1. The molecule has 7 heteroatoms. The maximum Gasteiger partial charge on any atom is 0.243 e. The molecule has 0 radical (unpaired) electrons. The smallest absolute Gasteiger partial charge is 0.243 e. The number of benzene rings is 2. The summed E-state index contributed by atoms with van der Waals surface area (Å²) in [5, 5.41) is 6.56. The fraction of sp³-hybridized carbons (Fsp3) is 0.276. The van der Waals surface area contributed by atoms with Crippen LogP contribution in [0.1, 0.15) is 24.5 Å². The van der Waals surface area contributed by atoms with Crippen LogP contribution in [0.3, 0.4) is 0 Å². The molecule has 1 aliphatic carbocycles. The van der Waals surface area contributed by atoms with Gasteiger partial charge in [-0.3, -0.25) is 4.79 Å². The summed E-state index contributed by atoms with van der Waals surface area (Å²) in [5.41, 5.74) is 4.59. The van der Waals surface area contributed by atoms with E-state index in [1.54, 1.807) is 27.8 Å². The molecule has 0 N–H and O–H groups in total. The molecule has 0 fully saturated rings. The van der Waals surface area contributed by atoms with E-state index in [2.05, 4.69) is 37.4 Å². The van der Waals surface area contributed by atoms with Crippen molar-refractivity contribution in [1.82, 2.24) is 4.31 Å². The maximum absolute atomic E-state index is 13.8. The highest BCUT2D eigenvalue weighted by Gasteiger charge is 2.44. The third-order valence-corrected chi connectivity index (χ3v) is 14.0. The van der Waals surface area contributed by atoms with E-state index in [-0.39, 0.29) is 18.2 Å².